The molecule has 2 N–H and O–H groups in total. The summed E-state index contributed by atoms with van der Waals surface area (Å²) in [7, 11) is 0. The van der Waals surface area contributed by atoms with E-state index in [1.807, 2.05) is 24.0 Å². The SMILES string of the molecule is CC(N)C1CCN(C(=O)c2cnn(-c3ccc(Cl)cc3)c2)CC1.Cl. The largest absolute Gasteiger partial charge is 0.339 e. The molecule has 2 aromatic rings. The molecule has 1 aromatic carbocycles. The van der Waals surface area contributed by atoms with Crippen molar-refractivity contribution in [3.05, 3.63) is 47.2 Å². The lowest BCUT2D eigenvalue weighted by molar-refractivity contribution is 0.0681. The smallest absolute Gasteiger partial charge is 0.257 e. The van der Waals surface area contributed by atoms with E-state index in [4.69, 9.17) is 17.3 Å². The van der Waals surface area contributed by atoms with Crippen molar-refractivity contribution >= 4 is 29.9 Å². The second-order valence-corrected chi connectivity index (χ2v) is 6.58. The number of likely N-dealkylation sites (tertiary alicyclic amines) is 1. The predicted molar refractivity (Wildman–Crippen MR) is 98.1 cm³/mol. The number of rotatable bonds is 3. The third-order valence-corrected chi connectivity index (χ3v) is 4.74. The van der Waals surface area contributed by atoms with Crippen LogP contribution in [0, 0.1) is 5.92 Å². The Labute approximate surface area is 153 Å². The second kappa shape index (κ2) is 8.01. The summed E-state index contributed by atoms with van der Waals surface area (Å²) < 4.78 is 1.69. The number of hydrogen-bond donors (Lipinski definition) is 1. The van der Waals surface area contributed by atoms with Crippen LogP contribution in [0.4, 0.5) is 0 Å². The van der Waals surface area contributed by atoms with Crippen LogP contribution in [0.1, 0.15) is 30.1 Å². The minimum Gasteiger partial charge on any atom is -0.339 e. The molecule has 7 heteroatoms. The first kappa shape index (κ1) is 18.8. The molecular formula is C17H22Cl2N4O. The molecule has 0 saturated carbocycles. The Morgan fingerprint density at radius 2 is 1.92 bits per heavy atom. The zero-order valence-electron chi connectivity index (χ0n) is 13.6. The highest BCUT2D eigenvalue weighted by Gasteiger charge is 2.26. The molecule has 1 atom stereocenters. The minimum absolute atomic E-state index is 0. The standard InChI is InChI=1S/C17H21ClN4O.ClH/c1-12(19)13-6-8-21(9-7-13)17(23)14-10-20-22(11-14)16-4-2-15(18)3-5-16;/h2-5,10-13H,6-9,19H2,1H3;1H. The van der Waals surface area contributed by atoms with Gasteiger partial charge in [-0.15, -0.1) is 12.4 Å². The van der Waals surface area contributed by atoms with E-state index in [-0.39, 0.29) is 24.4 Å². The van der Waals surface area contributed by atoms with Gasteiger partial charge in [0.05, 0.1) is 17.4 Å². The number of nitrogens with zero attached hydrogens (tertiary/aromatic N) is 3. The molecule has 0 spiro atoms. The van der Waals surface area contributed by atoms with Gasteiger partial charge in [0.15, 0.2) is 0 Å². The highest BCUT2D eigenvalue weighted by Crippen LogP contribution is 2.21. The summed E-state index contributed by atoms with van der Waals surface area (Å²) in [6.45, 7) is 3.56. The van der Waals surface area contributed by atoms with Crippen LogP contribution >= 0.6 is 24.0 Å². The maximum Gasteiger partial charge on any atom is 0.257 e. The van der Waals surface area contributed by atoms with Crippen molar-refractivity contribution in [2.24, 2.45) is 11.7 Å². The topological polar surface area (TPSA) is 64.2 Å². The lowest BCUT2D eigenvalue weighted by atomic mass is 9.91. The van der Waals surface area contributed by atoms with E-state index in [9.17, 15) is 4.79 Å². The van der Waals surface area contributed by atoms with E-state index >= 15 is 0 Å². The molecule has 1 saturated heterocycles. The molecule has 0 radical (unpaired) electrons. The highest BCUT2D eigenvalue weighted by atomic mass is 35.5. The van der Waals surface area contributed by atoms with Crippen LogP contribution in [0.3, 0.4) is 0 Å². The monoisotopic (exact) mass is 368 g/mol. The number of halogens is 2. The van der Waals surface area contributed by atoms with E-state index in [0.29, 0.717) is 16.5 Å². The van der Waals surface area contributed by atoms with Crippen LogP contribution in [0.25, 0.3) is 5.69 Å². The van der Waals surface area contributed by atoms with E-state index in [0.717, 1.165) is 31.6 Å². The van der Waals surface area contributed by atoms with E-state index in [2.05, 4.69) is 5.10 Å². The first-order valence-electron chi connectivity index (χ1n) is 7.90. The Morgan fingerprint density at radius 3 is 2.50 bits per heavy atom. The highest BCUT2D eigenvalue weighted by molar-refractivity contribution is 6.30. The average molecular weight is 369 g/mol. The molecule has 1 aliphatic heterocycles. The molecule has 1 unspecified atom stereocenters. The molecular weight excluding hydrogens is 347 g/mol. The van der Waals surface area contributed by atoms with Gasteiger partial charge < -0.3 is 10.6 Å². The number of piperidine rings is 1. The van der Waals surface area contributed by atoms with Gasteiger partial charge in [0.25, 0.3) is 5.91 Å². The van der Waals surface area contributed by atoms with Crippen molar-refractivity contribution < 1.29 is 4.79 Å². The second-order valence-electron chi connectivity index (χ2n) is 6.14. The van der Waals surface area contributed by atoms with Crippen LogP contribution in [0.2, 0.25) is 5.02 Å². The zero-order chi connectivity index (χ0) is 16.4. The van der Waals surface area contributed by atoms with Crippen LogP contribution in [0.5, 0.6) is 0 Å². The molecule has 0 bridgehead atoms. The number of nitrogens with two attached hydrogens (primary N) is 1. The number of carbonyl (C=O) groups excluding carboxylic acids is 1. The minimum atomic E-state index is 0. The van der Waals surface area contributed by atoms with Gasteiger partial charge in [-0.05, 0) is 49.9 Å². The molecule has 2 heterocycles. The first-order chi connectivity index (χ1) is 11.0. The van der Waals surface area contributed by atoms with Crippen molar-refractivity contribution in [2.45, 2.75) is 25.8 Å². The Hall–Kier alpha value is -1.56. The third kappa shape index (κ3) is 4.09. The summed E-state index contributed by atoms with van der Waals surface area (Å²) in [5.41, 5.74) is 7.44. The maximum atomic E-state index is 12.6. The lowest BCUT2D eigenvalue weighted by Crippen LogP contribution is -2.42. The van der Waals surface area contributed by atoms with Gasteiger partial charge in [-0.3, -0.25) is 4.79 Å². The van der Waals surface area contributed by atoms with Gasteiger partial charge in [0.2, 0.25) is 0 Å². The van der Waals surface area contributed by atoms with Gasteiger partial charge in [-0.1, -0.05) is 11.6 Å². The number of hydrogen-bond acceptors (Lipinski definition) is 3. The van der Waals surface area contributed by atoms with E-state index in [1.54, 1.807) is 29.2 Å². The Bertz CT molecular complexity index is 676. The molecule has 1 fully saturated rings. The van der Waals surface area contributed by atoms with Gasteiger partial charge >= 0.3 is 0 Å². The van der Waals surface area contributed by atoms with Crippen LogP contribution in [-0.2, 0) is 0 Å². The van der Waals surface area contributed by atoms with Crippen LogP contribution < -0.4 is 5.73 Å². The third-order valence-electron chi connectivity index (χ3n) is 4.49. The molecule has 24 heavy (non-hydrogen) atoms. The summed E-state index contributed by atoms with van der Waals surface area (Å²) in [4.78, 5) is 14.5. The normalized spacial score (nSPS) is 16.5. The van der Waals surface area contributed by atoms with Crippen molar-refractivity contribution in [2.75, 3.05) is 13.1 Å². The predicted octanol–water partition coefficient (Wildman–Crippen LogP) is 3.15. The Balaban J connectivity index is 0.00000208. The van der Waals surface area contributed by atoms with Crippen molar-refractivity contribution in [3.8, 4) is 5.69 Å². The zero-order valence-corrected chi connectivity index (χ0v) is 15.1. The number of amides is 1. The number of aromatic nitrogens is 2. The van der Waals surface area contributed by atoms with Crippen LogP contribution in [-0.4, -0.2) is 39.7 Å². The van der Waals surface area contributed by atoms with Crippen LogP contribution in [0.15, 0.2) is 36.7 Å². The molecule has 1 aliphatic rings. The molecule has 130 valence electrons. The fraction of sp³-hybridized carbons (Fsp3) is 0.412. The van der Waals surface area contributed by atoms with Gasteiger partial charge in [-0.2, -0.15) is 5.10 Å². The molecule has 3 rings (SSSR count). The van der Waals surface area contributed by atoms with E-state index < -0.39 is 0 Å². The van der Waals surface area contributed by atoms with Crippen molar-refractivity contribution in [3.63, 3.8) is 0 Å². The molecule has 5 nitrogen and oxygen atoms in total. The fourth-order valence-electron chi connectivity index (χ4n) is 2.98. The summed E-state index contributed by atoms with van der Waals surface area (Å²) in [6, 6.07) is 7.55. The van der Waals surface area contributed by atoms with Gasteiger partial charge in [0.1, 0.15) is 0 Å². The first-order valence-corrected chi connectivity index (χ1v) is 8.28. The maximum absolute atomic E-state index is 12.6. The summed E-state index contributed by atoms with van der Waals surface area (Å²) in [6.07, 6.45) is 5.32. The quantitative estimate of drug-likeness (QED) is 0.904. The fourth-order valence-corrected chi connectivity index (χ4v) is 3.11. The van der Waals surface area contributed by atoms with Gasteiger partial charge in [-0.25, -0.2) is 4.68 Å². The lowest BCUT2D eigenvalue weighted by Gasteiger charge is -2.33. The summed E-state index contributed by atoms with van der Waals surface area (Å²) >= 11 is 5.89. The van der Waals surface area contributed by atoms with E-state index in [1.165, 1.54) is 0 Å². The molecule has 1 amide bonds. The number of benzene rings is 1. The molecule has 1 aromatic heterocycles. The average Bonchev–Trinajstić information content (AvgIpc) is 3.05. The number of carbonyl (C=O) groups is 1. The van der Waals surface area contributed by atoms with Crippen molar-refractivity contribution in [1.82, 2.24) is 14.7 Å². The summed E-state index contributed by atoms with van der Waals surface area (Å²) in [5, 5.41) is 4.96. The summed E-state index contributed by atoms with van der Waals surface area (Å²) in [5.74, 6) is 0.546. The van der Waals surface area contributed by atoms with Crippen molar-refractivity contribution in [1.29, 1.82) is 0 Å². The molecule has 0 aliphatic carbocycles. The Morgan fingerprint density at radius 1 is 1.29 bits per heavy atom. The van der Waals surface area contributed by atoms with Gasteiger partial charge in [0, 0.05) is 30.4 Å². The Kier molecular flexibility index (Phi) is 6.27.